The molecule has 1 amide bonds. The van der Waals surface area contributed by atoms with Crippen LogP contribution in [0, 0.1) is 5.82 Å². The molecule has 1 atom stereocenters. The molecule has 0 bridgehead atoms. The Morgan fingerprint density at radius 1 is 1.18 bits per heavy atom. The Morgan fingerprint density at radius 2 is 1.88 bits per heavy atom. The lowest BCUT2D eigenvalue weighted by Gasteiger charge is -2.14. The number of ether oxygens (including phenoxy) is 1. The van der Waals surface area contributed by atoms with Crippen molar-refractivity contribution in [3.63, 3.8) is 0 Å². The Bertz CT molecular complexity index is 1880. The van der Waals surface area contributed by atoms with E-state index in [1.807, 2.05) is 0 Å². The number of carboxylic acid groups (broad SMARTS) is 1. The van der Waals surface area contributed by atoms with Crippen LogP contribution < -0.4 is 9.64 Å². The van der Waals surface area contributed by atoms with Crippen molar-refractivity contribution in [2.75, 3.05) is 11.9 Å². The molecule has 2 aromatic carbocycles. The molecule has 40 heavy (non-hydrogen) atoms. The summed E-state index contributed by atoms with van der Waals surface area (Å²) in [5, 5.41) is 9.01. The summed E-state index contributed by atoms with van der Waals surface area (Å²) < 4.78 is 69.4. The number of H-pyrrole nitrogens is 1. The molecule has 3 heterocycles. The molecule has 5 rings (SSSR count). The molecule has 13 nitrogen and oxygen atoms in total. The summed E-state index contributed by atoms with van der Waals surface area (Å²) >= 11 is -2.40. The van der Waals surface area contributed by atoms with Crippen LogP contribution in [0.25, 0.3) is 21.9 Å². The van der Waals surface area contributed by atoms with Crippen molar-refractivity contribution in [3.05, 3.63) is 72.1 Å². The minimum Gasteiger partial charge on any atom is -0.772 e. The van der Waals surface area contributed by atoms with Gasteiger partial charge in [-0.2, -0.15) is 9.97 Å². The molecular formula is C24H18FN6O7S2-. The number of benzene rings is 2. The normalized spacial score (nSPS) is 12.5. The van der Waals surface area contributed by atoms with Gasteiger partial charge in [-0.1, -0.05) is 30.3 Å². The lowest BCUT2D eigenvalue weighted by Crippen LogP contribution is -2.24. The zero-order valence-corrected chi connectivity index (χ0v) is 22.1. The lowest BCUT2D eigenvalue weighted by molar-refractivity contribution is 0.203. The number of hydrogen-bond acceptors (Lipinski definition) is 10. The maximum atomic E-state index is 14.7. The third-order valence-electron chi connectivity index (χ3n) is 5.73. The molecule has 0 spiro atoms. The first-order valence-electron chi connectivity index (χ1n) is 11.3. The molecule has 0 aliphatic rings. The van der Waals surface area contributed by atoms with E-state index in [0.717, 1.165) is 17.0 Å². The number of hydrogen-bond donors (Lipinski definition) is 2. The van der Waals surface area contributed by atoms with Crippen LogP contribution in [0.15, 0.2) is 59.9 Å². The highest BCUT2D eigenvalue weighted by Crippen LogP contribution is 2.37. The molecule has 0 aliphatic carbocycles. The van der Waals surface area contributed by atoms with Gasteiger partial charge in [0.25, 0.3) is 0 Å². The fourth-order valence-corrected chi connectivity index (χ4v) is 5.84. The predicted molar refractivity (Wildman–Crippen MR) is 140 cm³/mol. The van der Waals surface area contributed by atoms with Gasteiger partial charge in [0.05, 0.1) is 40.5 Å². The second-order valence-electron chi connectivity index (χ2n) is 8.48. The minimum absolute atomic E-state index is 0.0101. The first-order chi connectivity index (χ1) is 19.0. The van der Waals surface area contributed by atoms with Gasteiger partial charge in [-0.05, 0) is 28.8 Å². The van der Waals surface area contributed by atoms with Crippen LogP contribution in [0.3, 0.4) is 0 Å². The van der Waals surface area contributed by atoms with Crippen LogP contribution in [0.4, 0.5) is 14.9 Å². The van der Waals surface area contributed by atoms with Gasteiger partial charge in [0.2, 0.25) is 9.84 Å². The van der Waals surface area contributed by atoms with E-state index < -0.39 is 55.4 Å². The summed E-state index contributed by atoms with van der Waals surface area (Å²) in [5.74, 6) is -1.67. The Kier molecular flexibility index (Phi) is 7.14. The number of aromatic amines is 1. The van der Waals surface area contributed by atoms with Gasteiger partial charge < -0.3 is 19.4 Å². The van der Waals surface area contributed by atoms with Crippen LogP contribution in [-0.2, 0) is 32.4 Å². The van der Waals surface area contributed by atoms with E-state index in [1.54, 1.807) is 30.3 Å². The van der Waals surface area contributed by atoms with E-state index in [1.165, 1.54) is 19.4 Å². The van der Waals surface area contributed by atoms with Crippen LogP contribution >= 0.6 is 0 Å². The third kappa shape index (κ3) is 5.45. The second kappa shape index (κ2) is 10.6. The number of nitrogens with one attached hydrogen (secondary N) is 1. The molecule has 206 valence electrons. The zero-order valence-electron chi connectivity index (χ0n) is 20.4. The molecule has 0 radical (unpaired) electrons. The number of anilines is 1. The average molecular weight is 586 g/mol. The van der Waals surface area contributed by atoms with Crippen LogP contribution in [0.5, 0.6) is 11.8 Å². The van der Waals surface area contributed by atoms with E-state index >= 15 is 0 Å². The number of nitrogens with zero attached hydrogens (tertiary/aromatic N) is 5. The van der Waals surface area contributed by atoms with Gasteiger partial charge in [-0.3, -0.25) is 9.11 Å². The highest BCUT2D eigenvalue weighted by molar-refractivity contribution is 7.90. The largest absolute Gasteiger partial charge is 0.772 e. The van der Waals surface area contributed by atoms with Crippen molar-refractivity contribution in [2.24, 2.45) is 0 Å². The highest BCUT2D eigenvalue weighted by Gasteiger charge is 2.28. The van der Waals surface area contributed by atoms with E-state index in [-0.39, 0.29) is 39.2 Å². The van der Waals surface area contributed by atoms with Crippen LogP contribution in [0.1, 0.15) is 11.4 Å². The molecule has 16 heteroatoms. The smallest absolute Gasteiger partial charge is 0.411 e. The van der Waals surface area contributed by atoms with Gasteiger partial charge in [-0.25, -0.2) is 27.6 Å². The minimum atomic E-state index is -4.20. The fraction of sp³-hybridized carbons (Fsp3) is 0.125. The lowest BCUT2D eigenvalue weighted by atomic mass is 10.1. The quantitative estimate of drug-likeness (QED) is 0.201. The number of fused-ring (bicyclic) bond motifs is 3. The molecule has 2 N–H and O–H groups in total. The predicted octanol–water partition coefficient (Wildman–Crippen LogP) is 3.30. The average Bonchev–Trinajstić information content (AvgIpc) is 3.26. The molecule has 0 saturated heterocycles. The Labute approximate surface area is 227 Å². The van der Waals surface area contributed by atoms with Gasteiger partial charge in [0.15, 0.2) is 10.8 Å². The first kappa shape index (κ1) is 27.0. The van der Waals surface area contributed by atoms with Crippen molar-refractivity contribution in [3.8, 4) is 11.8 Å². The fourth-order valence-electron chi connectivity index (χ4n) is 3.97. The third-order valence-corrected chi connectivity index (χ3v) is 7.82. The molecule has 1 unspecified atom stereocenters. The highest BCUT2D eigenvalue weighted by atomic mass is 32.2. The molecular weight excluding hydrogens is 567 g/mol. The summed E-state index contributed by atoms with van der Waals surface area (Å²) in [5.41, 5.74) is 0.446. The Morgan fingerprint density at radius 3 is 2.52 bits per heavy atom. The Balaban J connectivity index is 1.70. The van der Waals surface area contributed by atoms with Gasteiger partial charge in [0.1, 0.15) is 17.3 Å². The summed E-state index contributed by atoms with van der Waals surface area (Å²) in [6.07, 6.45) is 0.963. The number of sulfone groups is 1. The van der Waals surface area contributed by atoms with E-state index in [0.29, 0.717) is 5.56 Å². The monoisotopic (exact) mass is 585 g/mol. The van der Waals surface area contributed by atoms with Crippen molar-refractivity contribution in [1.29, 1.82) is 0 Å². The van der Waals surface area contributed by atoms with Crippen LogP contribution in [-0.4, -0.2) is 60.3 Å². The van der Waals surface area contributed by atoms with Gasteiger partial charge in [0, 0.05) is 12.4 Å². The second-order valence-corrected chi connectivity index (χ2v) is 11.3. The molecule has 0 saturated carbocycles. The number of rotatable bonds is 8. The van der Waals surface area contributed by atoms with E-state index in [4.69, 9.17) is 4.74 Å². The maximum absolute atomic E-state index is 14.7. The summed E-state index contributed by atoms with van der Waals surface area (Å²) in [4.78, 5) is 31.4. The SMILES string of the molecule is CN(C(=O)O)c1cc(F)cc2c1[nH]c1nc(Oc3cnc(CS(=O)[O-])nc3)nc(S(=O)(=O)Cc3ccccc3)c12. The molecule has 0 fully saturated rings. The maximum Gasteiger partial charge on any atom is 0.411 e. The molecule has 0 aliphatic heterocycles. The number of aromatic nitrogens is 5. The number of halogens is 1. The summed E-state index contributed by atoms with van der Waals surface area (Å²) in [6, 6.07) is 9.95. The van der Waals surface area contributed by atoms with Crippen molar-refractivity contribution < 1.29 is 36.2 Å². The van der Waals surface area contributed by atoms with E-state index in [9.17, 15) is 31.5 Å². The van der Waals surface area contributed by atoms with Crippen LogP contribution in [0.2, 0.25) is 0 Å². The van der Waals surface area contributed by atoms with Gasteiger partial charge >= 0.3 is 12.1 Å². The van der Waals surface area contributed by atoms with Gasteiger partial charge in [-0.15, -0.1) is 0 Å². The number of carbonyl (C=O) groups is 1. The summed E-state index contributed by atoms with van der Waals surface area (Å²) in [7, 11) is -2.99. The topological polar surface area (TPSA) is 191 Å². The van der Waals surface area contributed by atoms with E-state index in [2.05, 4.69) is 24.9 Å². The van der Waals surface area contributed by atoms with Crippen molar-refractivity contribution in [2.45, 2.75) is 16.5 Å². The molecule has 5 aromatic rings. The zero-order chi connectivity index (χ0) is 28.6. The summed E-state index contributed by atoms with van der Waals surface area (Å²) in [6.45, 7) is 0. The first-order valence-corrected chi connectivity index (χ1v) is 14.2. The van der Waals surface area contributed by atoms with Crippen molar-refractivity contribution in [1.82, 2.24) is 24.9 Å². The molecule has 3 aromatic heterocycles. The number of amides is 1. The van der Waals surface area contributed by atoms with Crippen molar-refractivity contribution >= 4 is 54.6 Å². The standard InChI is InChI=1S/C24H19FN6O7S2/c1-31(24(32)33)17-8-14(25)7-16-19-21(28-20(16)17)29-23(38-15-9-26-18(27-10-15)11-39(34)35)30-22(19)40(36,37)12-13-5-3-2-4-6-13/h2-10H,11-12H2,1H3,(H,32,33)(H,34,35)(H,28,29,30)/p-1. The Hall–Kier alpha value is -4.54.